The second-order valence-electron chi connectivity index (χ2n) is 10.8. The smallest absolute Gasteiger partial charge is 1.00 e. The molecule has 13 nitrogen and oxygen atoms in total. The van der Waals surface area contributed by atoms with Crippen LogP contribution in [0.1, 0.15) is 35.9 Å². The van der Waals surface area contributed by atoms with Crippen LogP contribution in [0.5, 0.6) is 11.5 Å². The van der Waals surface area contributed by atoms with E-state index in [4.69, 9.17) is 14.2 Å². The van der Waals surface area contributed by atoms with E-state index in [9.17, 15) is 19.5 Å². The molecule has 269 valence electrons. The van der Waals surface area contributed by atoms with E-state index in [-0.39, 0.29) is 70.7 Å². The molecule has 0 saturated heterocycles. The van der Waals surface area contributed by atoms with Gasteiger partial charge in [0.05, 0.1) is 45.3 Å². The maximum absolute atomic E-state index is 13.0. The van der Waals surface area contributed by atoms with Crippen molar-refractivity contribution in [3.8, 4) is 22.9 Å². The molecule has 0 amide bonds. The van der Waals surface area contributed by atoms with Gasteiger partial charge in [0.2, 0.25) is 5.82 Å². The number of nitrogens with zero attached hydrogens (tertiary/aromatic N) is 6. The average molecular weight is 857 g/mol. The van der Waals surface area contributed by atoms with Gasteiger partial charge >= 0.3 is 46.9 Å². The molecule has 0 fully saturated rings. The maximum atomic E-state index is 13.0. The van der Waals surface area contributed by atoms with Crippen LogP contribution in [0.25, 0.3) is 11.4 Å². The predicted molar refractivity (Wildman–Crippen MR) is 204 cm³/mol. The minimum Gasteiger partial charge on any atom is -1.00 e. The molecule has 0 unspecified atom stereocenters. The Kier molecular flexibility index (Phi) is 16.6. The van der Waals surface area contributed by atoms with Gasteiger partial charge in [-0.2, -0.15) is 9.36 Å². The molecule has 3 radical (unpaired) electrons. The van der Waals surface area contributed by atoms with E-state index in [0.29, 0.717) is 35.2 Å². The van der Waals surface area contributed by atoms with Crippen molar-refractivity contribution in [1.82, 2.24) is 28.7 Å². The Morgan fingerprint density at radius 1 is 0.736 bits per heavy atom. The number of rotatable bonds is 11. The fourth-order valence-corrected chi connectivity index (χ4v) is 5.53. The molecule has 0 aliphatic carbocycles. The number of aliphatic hydroxyl groups is 1. The van der Waals surface area contributed by atoms with E-state index in [0.717, 1.165) is 20.1 Å². The molecule has 0 bridgehead atoms. The molecular formula is C36H35BBr2N6NaO7. The fraction of sp³-hybridized carbons (Fsp3) is 0.194. The molecule has 0 atom stereocenters. The molecule has 2 aromatic heterocycles. The van der Waals surface area contributed by atoms with Crippen molar-refractivity contribution < 1.29 is 55.1 Å². The second-order valence-corrected chi connectivity index (χ2v) is 12.7. The summed E-state index contributed by atoms with van der Waals surface area (Å²) in [6, 6.07) is 29.0. The zero-order chi connectivity index (χ0) is 36.5. The van der Waals surface area contributed by atoms with Gasteiger partial charge in [-0.3, -0.25) is 9.13 Å². The number of carbonyl (C=O) groups is 1. The first-order valence-corrected chi connectivity index (χ1v) is 17.2. The molecule has 53 heavy (non-hydrogen) atoms. The number of aliphatic hydroxyl groups excluding tert-OH is 1. The summed E-state index contributed by atoms with van der Waals surface area (Å²) in [6.45, 7) is 2.05. The predicted octanol–water partition coefficient (Wildman–Crippen LogP) is 2.11. The molecule has 6 aromatic rings. The van der Waals surface area contributed by atoms with Crippen molar-refractivity contribution in [1.29, 1.82) is 0 Å². The van der Waals surface area contributed by atoms with Crippen molar-refractivity contribution >= 4 is 46.2 Å². The first-order valence-electron chi connectivity index (χ1n) is 15.6. The summed E-state index contributed by atoms with van der Waals surface area (Å²) in [7, 11) is 3.16. The van der Waals surface area contributed by atoms with E-state index in [1.54, 1.807) is 63.6 Å². The van der Waals surface area contributed by atoms with Gasteiger partial charge in [-0.1, -0.05) is 56.1 Å². The summed E-state index contributed by atoms with van der Waals surface area (Å²) >= 11 is 6.72. The number of halogens is 2. The number of methoxy groups -OCH3 is 2. The van der Waals surface area contributed by atoms with E-state index in [1.807, 2.05) is 54.6 Å². The standard InChI is InChI=1S/C19H18BrN3O4.C17H16BrN3O3.B.Na.H/c1-3-27-18(24)17-21-23(15-9-7-14(20)8-10-15)19(25)22(17)12-13-5-4-6-16(11-13)26-2;1-24-15-4-2-3-12(9-15)10-20-16(11-22)19-21(17(20)23)14-7-5-13(18)6-8-14;;;/h4-11H,3,12H2,1-2H3;2-9,22H,10-11H2,1H3;;;/q;;;+1;-1. The quantitative estimate of drug-likeness (QED) is 0.153. The average Bonchev–Trinajstić information content (AvgIpc) is 3.64. The molecule has 4 aromatic carbocycles. The fourth-order valence-electron chi connectivity index (χ4n) is 5.01. The number of carbonyl (C=O) groups excluding carboxylic acids is 1. The monoisotopic (exact) mass is 855 g/mol. The molecule has 0 aliphatic rings. The Balaban J connectivity index is 0.000000356. The molecule has 2 heterocycles. The van der Waals surface area contributed by atoms with Crippen LogP contribution in [0.3, 0.4) is 0 Å². The van der Waals surface area contributed by atoms with Gasteiger partial charge in [-0.15, -0.1) is 10.2 Å². The molecule has 0 spiro atoms. The molecule has 0 aliphatic heterocycles. The summed E-state index contributed by atoms with van der Waals surface area (Å²) in [6.07, 6.45) is 0. The van der Waals surface area contributed by atoms with Crippen molar-refractivity contribution in [2.24, 2.45) is 0 Å². The van der Waals surface area contributed by atoms with Gasteiger partial charge < -0.3 is 20.7 Å². The number of aromatic nitrogens is 6. The van der Waals surface area contributed by atoms with Crippen LogP contribution in [-0.4, -0.2) is 69.0 Å². The molecular weight excluding hydrogens is 822 g/mol. The number of hydrogen-bond donors (Lipinski definition) is 1. The third-order valence-electron chi connectivity index (χ3n) is 7.49. The van der Waals surface area contributed by atoms with Gasteiger partial charge in [-0.05, 0) is 90.8 Å². The van der Waals surface area contributed by atoms with Crippen molar-refractivity contribution in [2.75, 3.05) is 20.8 Å². The molecule has 17 heteroatoms. The third kappa shape index (κ3) is 10.7. The summed E-state index contributed by atoms with van der Waals surface area (Å²) in [5.41, 5.74) is 2.16. The van der Waals surface area contributed by atoms with Crippen LogP contribution >= 0.6 is 31.9 Å². The van der Waals surface area contributed by atoms with Crippen LogP contribution in [0, 0.1) is 0 Å². The largest absolute Gasteiger partial charge is 1.00 e. The van der Waals surface area contributed by atoms with E-state index >= 15 is 0 Å². The Labute approximate surface area is 347 Å². The van der Waals surface area contributed by atoms with Gasteiger partial charge in [-0.25, -0.2) is 14.4 Å². The van der Waals surface area contributed by atoms with Gasteiger partial charge in [0.15, 0.2) is 5.82 Å². The minimum atomic E-state index is -0.645. The maximum Gasteiger partial charge on any atom is 1.00 e. The molecule has 6 rings (SSSR count). The van der Waals surface area contributed by atoms with Crippen LogP contribution in [0.4, 0.5) is 0 Å². The first kappa shape index (κ1) is 43.2. The van der Waals surface area contributed by atoms with Crippen LogP contribution in [-0.2, 0) is 24.4 Å². The molecule has 1 N–H and O–H groups in total. The van der Waals surface area contributed by atoms with Crippen molar-refractivity contribution in [2.45, 2.75) is 26.6 Å². The molecule has 0 saturated carbocycles. The zero-order valence-electron chi connectivity index (χ0n) is 30.5. The van der Waals surface area contributed by atoms with Gasteiger partial charge in [0.25, 0.3) is 0 Å². The first-order chi connectivity index (χ1) is 24.6. The number of benzene rings is 4. The van der Waals surface area contributed by atoms with Gasteiger partial charge in [0.1, 0.15) is 18.1 Å². The summed E-state index contributed by atoms with van der Waals surface area (Å²) in [4.78, 5) is 38.0. The van der Waals surface area contributed by atoms with E-state index in [1.165, 1.54) is 18.5 Å². The van der Waals surface area contributed by atoms with E-state index < -0.39 is 11.7 Å². The van der Waals surface area contributed by atoms with Crippen LogP contribution in [0.2, 0.25) is 0 Å². The van der Waals surface area contributed by atoms with Crippen LogP contribution < -0.4 is 50.4 Å². The summed E-state index contributed by atoms with van der Waals surface area (Å²) < 4.78 is 22.5. The van der Waals surface area contributed by atoms with Gasteiger partial charge in [0, 0.05) is 17.4 Å². The Bertz CT molecular complexity index is 2250. The zero-order valence-corrected chi connectivity index (χ0v) is 34.7. The summed E-state index contributed by atoms with van der Waals surface area (Å²) in [5.74, 6) is 0.997. The van der Waals surface area contributed by atoms with Crippen molar-refractivity contribution in [3.63, 3.8) is 0 Å². The summed E-state index contributed by atoms with van der Waals surface area (Å²) in [5, 5.41) is 18.0. The van der Waals surface area contributed by atoms with Crippen LogP contribution in [0.15, 0.2) is 116 Å². The van der Waals surface area contributed by atoms with E-state index in [2.05, 4.69) is 42.1 Å². The Morgan fingerprint density at radius 2 is 1.19 bits per heavy atom. The topological polar surface area (TPSA) is 145 Å². The SMILES string of the molecule is CCOC(=O)c1nn(-c2ccc(Br)cc2)c(=O)n1Cc1cccc(OC)c1.COc1cccc(Cn2c(CO)nn(-c3ccc(Br)cc3)c2=O)c1.[B].[H-].[Na+]. The normalized spacial score (nSPS) is 10.3. The second kappa shape index (κ2) is 20.3. The third-order valence-corrected chi connectivity index (χ3v) is 8.55. The Morgan fingerprint density at radius 3 is 1.64 bits per heavy atom. The minimum absolute atomic E-state index is 0. The number of esters is 1. The number of ether oxygens (including phenoxy) is 3. The Hall–Kier alpha value is -4.19. The number of hydrogen-bond acceptors (Lipinski definition) is 9. The van der Waals surface area contributed by atoms with Crippen molar-refractivity contribution in [3.05, 3.63) is 150 Å².